The Morgan fingerprint density at radius 2 is 2.04 bits per heavy atom. The molecule has 2 fully saturated rings. The van der Waals surface area contributed by atoms with E-state index in [0.29, 0.717) is 37.5 Å². The third-order valence-electron chi connectivity index (χ3n) is 5.83. The molecular formula is C20H27ClN2O3. The summed E-state index contributed by atoms with van der Waals surface area (Å²) >= 11 is 5.92. The summed E-state index contributed by atoms with van der Waals surface area (Å²) in [7, 11) is 1.82. The van der Waals surface area contributed by atoms with E-state index in [1.54, 1.807) is 9.80 Å². The molecule has 3 rings (SSSR count). The van der Waals surface area contributed by atoms with E-state index in [1.165, 1.54) is 0 Å². The van der Waals surface area contributed by atoms with Gasteiger partial charge in [0.2, 0.25) is 11.8 Å². The minimum absolute atomic E-state index is 0.0818. The first-order chi connectivity index (χ1) is 12.4. The molecular weight excluding hydrogens is 352 g/mol. The minimum atomic E-state index is -0.166. The molecule has 1 saturated heterocycles. The Hall–Kier alpha value is -1.59. The second-order valence-electron chi connectivity index (χ2n) is 7.84. The van der Waals surface area contributed by atoms with Gasteiger partial charge in [0.05, 0.1) is 12.5 Å². The smallest absolute Gasteiger partial charge is 0.227 e. The van der Waals surface area contributed by atoms with Crippen molar-refractivity contribution in [1.82, 2.24) is 9.80 Å². The Bertz CT molecular complexity index is 652. The van der Waals surface area contributed by atoms with E-state index in [2.05, 4.69) is 0 Å². The minimum Gasteiger partial charge on any atom is -0.396 e. The van der Waals surface area contributed by atoms with Crippen molar-refractivity contribution in [3.63, 3.8) is 0 Å². The van der Waals surface area contributed by atoms with Crippen LogP contribution in [-0.4, -0.2) is 53.5 Å². The van der Waals surface area contributed by atoms with E-state index in [-0.39, 0.29) is 29.8 Å². The van der Waals surface area contributed by atoms with Crippen molar-refractivity contribution in [2.24, 2.45) is 11.3 Å². The normalized spacial score (nSPS) is 22.0. The molecule has 2 amide bonds. The van der Waals surface area contributed by atoms with Crippen LogP contribution in [0.15, 0.2) is 24.3 Å². The van der Waals surface area contributed by atoms with E-state index in [9.17, 15) is 14.7 Å². The Labute approximate surface area is 159 Å². The summed E-state index contributed by atoms with van der Waals surface area (Å²) in [5.74, 6) is 0.0108. The second kappa shape index (κ2) is 7.97. The molecule has 5 nitrogen and oxygen atoms in total. The van der Waals surface area contributed by atoms with E-state index < -0.39 is 0 Å². The van der Waals surface area contributed by atoms with Crippen molar-refractivity contribution in [3.8, 4) is 0 Å². The summed E-state index contributed by atoms with van der Waals surface area (Å²) in [6, 6.07) is 7.45. The number of nitrogens with zero attached hydrogens (tertiary/aromatic N) is 2. The fourth-order valence-electron chi connectivity index (χ4n) is 4.02. The molecule has 6 heteroatoms. The molecule has 0 aromatic heterocycles. The van der Waals surface area contributed by atoms with Crippen molar-refractivity contribution in [2.45, 2.75) is 38.6 Å². The molecule has 0 radical (unpaired) electrons. The maximum atomic E-state index is 12.9. The number of hydrogen-bond donors (Lipinski definition) is 1. The Kier molecular flexibility index (Phi) is 5.88. The Morgan fingerprint density at radius 3 is 2.62 bits per heavy atom. The molecule has 1 atom stereocenters. The number of hydrogen-bond acceptors (Lipinski definition) is 3. The molecule has 26 heavy (non-hydrogen) atoms. The number of aliphatic hydroxyl groups excluding tert-OH is 1. The lowest BCUT2D eigenvalue weighted by molar-refractivity contribution is -0.144. The summed E-state index contributed by atoms with van der Waals surface area (Å²) in [6.45, 7) is 1.70. The SMILES string of the molecule is CN(CC1(CO)CCC1)C(=O)[C@@H]1CCC(=O)N(Cc2ccc(Cl)cc2)C1. The van der Waals surface area contributed by atoms with Gasteiger partial charge in [-0.1, -0.05) is 30.2 Å². The van der Waals surface area contributed by atoms with Gasteiger partial charge in [-0.25, -0.2) is 0 Å². The van der Waals surface area contributed by atoms with Gasteiger partial charge in [-0.3, -0.25) is 9.59 Å². The highest BCUT2D eigenvalue weighted by Crippen LogP contribution is 2.41. The van der Waals surface area contributed by atoms with Gasteiger partial charge in [-0.15, -0.1) is 0 Å². The van der Waals surface area contributed by atoms with Gasteiger partial charge < -0.3 is 14.9 Å². The zero-order chi connectivity index (χ0) is 18.7. The highest BCUT2D eigenvalue weighted by molar-refractivity contribution is 6.30. The van der Waals surface area contributed by atoms with Gasteiger partial charge in [-0.2, -0.15) is 0 Å². The lowest BCUT2D eigenvalue weighted by Gasteiger charge is -2.44. The summed E-state index contributed by atoms with van der Waals surface area (Å²) in [5, 5.41) is 10.3. The first kappa shape index (κ1) is 19.2. The molecule has 1 N–H and O–H groups in total. The van der Waals surface area contributed by atoms with Crippen LogP contribution in [-0.2, 0) is 16.1 Å². The number of piperidine rings is 1. The molecule has 0 bridgehead atoms. The van der Waals surface area contributed by atoms with Gasteiger partial charge in [0.1, 0.15) is 0 Å². The van der Waals surface area contributed by atoms with Crippen LogP contribution in [0.5, 0.6) is 0 Å². The fourth-order valence-corrected chi connectivity index (χ4v) is 4.14. The molecule has 1 heterocycles. The van der Waals surface area contributed by atoms with Crippen LogP contribution in [0.3, 0.4) is 0 Å². The van der Waals surface area contributed by atoms with Gasteiger partial charge in [0.15, 0.2) is 0 Å². The number of likely N-dealkylation sites (tertiary alicyclic amines) is 1. The average molecular weight is 379 g/mol. The second-order valence-corrected chi connectivity index (χ2v) is 8.28. The van der Waals surface area contributed by atoms with E-state index >= 15 is 0 Å². The lowest BCUT2D eigenvalue weighted by Crippen LogP contribution is -2.50. The third kappa shape index (κ3) is 4.21. The quantitative estimate of drug-likeness (QED) is 0.827. The summed E-state index contributed by atoms with van der Waals surface area (Å²) < 4.78 is 0. The topological polar surface area (TPSA) is 60.9 Å². The number of halogens is 1. The van der Waals surface area contributed by atoms with Crippen molar-refractivity contribution in [3.05, 3.63) is 34.9 Å². The molecule has 1 aliphatic carbocycles. The average Bonchev–Trinajstić information content (AvgIpc) is 2.61. The maximum absolute atomic E-state index is 12.9. The molecule has 0 unspecified atom stereocenters. The van der Waals surface area contributed by atoms with Crippen molar-refractivity contribution < 1.29 is 14.7 Å². The Balaban J connectivity index is 1.60. The molecule has 1 saturated carbocycles. The maximum Gasteiger partial charge on any atom is 0.227 e. The highest BCUT2D eigenvalue weighted by atomic mass is 35.5. The van der Waals surface area contributed by atoms with Crippen LogP contribution < -0.4 is 0 Å². The Morgan fingerprint density at radius 1 is 1.35 bits per heavy atom. The van der Waals surface area contributed by atoms with Gasteiger partial charge in [0.25, 0.3) is 0 Å². The molecule has 2 aliphatic rings. The zero-order valence-electron chi connectivity index (χ0n) is 15.3. The van der Waals surface area contributed by atoms with Crippen LogP contribution in [0.2, 0.25) is 5.02 Å². The zero-order valence-corrected chi connectivity index (χ0v) is 16.0. The summed E-state index contributed by atoms with van der Waals surface area (Å²) in [6.07, 6.45) is 4.09. The van der Waals surface area contributed by atoms with E-state index in [4.69, 9.17) is 11.6 Å². The monoisotopic (exact) mass is 378 g/mol. The number of rotatable bonds is 6. The number of amides is 2. The first-order valence-electron chi connectivity index (χ1n) is 9.30. The largest absolute Gasteiger partial charge is 0.396 e. The van der Waals surface area contributed by atoms with Gasteiger partial charge >= 0.3 is 0 Å². The molecule has 1 aromatic rings. The molecule has 0 spiro atoms. The predicted molar refractivity (Wildman–Crippen MR) is 101 cm³/mol. The van der Waals surface area contributed by atoms with Crippen molar-refractivity contribution >= 4 is 23.4 Å². The molecule has 1 aromatic carbocycles. The van der Waals surface area contributed by atoms with Crippen LogP contribution in [0, 0.1) is 11.3 Å². The molecule has 1 aliphatic heterocycles. The molecule has 142 valence electrons. The van der Waals surface area contributed by atoms with Crippen molar-refractivity contribution in [2.75, 3.05) is 26.7 Å². The van der Waals surface area contributed by atoms with Crippen molar-refractivity contribution in [1.29, 1.82) is 0 Å². The van der Waals surface area contributed by atoms with Crippen LogP contribution in [0.4, 0.5) is 0 Å². The van der Waals surface area contributed by atoms with E-state index in [1.807, 2.05) is 31.3 Å². The number of carbonyl (C=O) groups excluding carboxylic acids is 2. The van der Waals surface area contributed by atoms with Gasteiger partial charge in [0, 0.05) is 43.5 Å². The highest BCUT2D eigenvalue weighted by Gasteiger charge is 2.40. The lowest BCUT2D eigenvalue weighted by atomic mass is 9.69. The van der Waals surface area contributed by atoms with Crippen LogP contribution >= 0.6 is 11.6 Å². The number of aliphatic hydroxyl groups is 1. The van der Waals surface area contributed by atoms with Gasteiger partial charge in [-0.05, 0) is 37.0 Å². The van der Waals surface area contributed by atoms with Crippen LogP contribution in [0.25, 0.3) is 0 Å². The number of carbonyl (C=O) groups is 2. The summed E-state index contributed by atoms with van der Waals surface area (Å²) in [4.78, 5) is 28.7. The first-order valence-corrected chi connectivity index (χ1v) is 9.68. The third-order valence-corrected chi connectivity index (χ3v) is 6.09. The summed E-state index contributed by atoms with van der Waals surface area (Å²) in [5.41, 5.74) is 0.899. The van der Waals surface area contributed by atoms with Crippen LogP contribution in [0.1, 0.15) is 37.7 Å². The fraction of sp³-hybridized carbons (Fsp3) is 0.600. The standard InChI is InChI=1S/C20H27ClN2O3/c1-22(13-20(14-24)9-2-10-20)19(26)16-5-8-18(25)23(12-16)11-15-3-6-17(21)7-4-15/h3-4,6-7,16,24H,2,5,8-14H2,1H3/t16-/m1/s1. The number of benzene rings is 1. The predicted octanol–water partition coefficient (Wildman–Crippen LogP) is 2.70. The van der Waals surface area contributed by atoms with E-state index in [0.717, 1.165) is 24.8 Å².